The summed E-state index contributed by atoms with van der Waals surface area (Å²) in [5.41, 5.74) is 0. The number of carbonyl (C=O) groups is 2. The molecule has 0 aromatic carbocycles. The lowest BCUT2D eigenvalue weighted by molar-refractivity contribution is -0.141. The number of aliphatic hydroxyl groups excluding tert-OH is 1. The number of carboxylic acids is 1. The molecule has 0 unspecified atom stereocenters. The maximum Gasteiger partial charge on any atom is 0.326 e. The largest absolute Gasteiger partial charge is 0.480 e. The van der Waals surface area contributed by atoms with E-state index in [1.807, 2.05) is 0 Å². The number of nitrogens with one attached hydrogen (secondary N) is 2. The van der Waals surface area contributed by atoms with Gasteiger partial charge in [-0.15, -0.1) is 0 Å². The third-order valence-corrected chi connectivity index (χ3v) is 3.49. The minimum atomic E-state index is -1.06. The first kappa shape index (κ1) is 13.1. The van der Waals surface area contributed by atoms with Crippen molar-refractivity contribution < 1.29 is 19.8 Å². The van der Waals surface area contributed by atoms with Crippen LogP contribution in [0.4, 0.5) is 4.79 Å². The topological polar surface area (TPSA) is 102 Å². The highest BCUT2D eigenvalue weighted by atomic mass is 16.4. The van der Waals surface area contributed by atoms with E-state index in [1.165, 1.54) is 4.90 Å². The van der Waals surface area contributed by atoms with Crippen LogP contribution < -0.4 is 10.6 Å². The third kappa shape index (κ3) is 2.91. The van der Waals surface area contributed by atoms with Crippen LogP contribution >= 0.6 is 0 Å². The fourth-order valence-corrected chi connectivity index (χ4v) is 2.50. The molecule has 2 rings (SSSR count). The molecule has 0 saturated carbocycles. The summed E-state index contributed by atoms with van der Waals surface area (Å²) in [5, 5.41) is 24.5. The molecule has 102 valence electrons. The molecular weight excluding hydrogens is 238 g/mol. The van der Waals surface area contributed by atoms with E-state index in [2.05, 4.69) is 10.6 Å². The molecular formula is C11H19N3O4. The first-order chi connectivity index (χ1) is 8.58. The van der Waals surface area contributed by atoms with Crippen LogP contribution in [-0.2, 0) is 4.79 Å². The Bertz CT molecular complexity index is 330. The molecule has 2 aliphatic heterocycles. The first-order valence-corrected chi connectivity index (χ1v) is 6.26. The van der Waals surface area contributed by atoms with Crippen molar-refractivity contribution in [3.8, 4) is 0 Å². The quantitative estimate of drug-likeness (QED) is 0.506. The van der Waals surface area contributed by atoms with Gasteiger partial charge in [-0.2, -0.15) is 0 Å². The summed E-state index contributed by atoms with van der Waals surface area (Å²) < 4.78 is 0. The van der Waals surface area contributed by atoms with Crippen LogP contribution in [0.15, 0.2) is 0 Å². The van der Waals surface area contributed by atoms with Gasteiger partial charge in [0.2, 0.25) is 0 Å². The molecule has 0 spiro atoms. The van der Waals surface area contributed by atoms with E-state index in [0.717, 1.165) is 25.9 Å². The molecule has 7 heteroatoms. The second-order valence-electron chi connectivity index (χ2n) is 4.87. The van der Waals surface area contributed by atoms with Gasteiger partial charge in [-0.3, -0.25) is 0 Å². The highest BCUT2D eigenvalue weighted by molar-refractivity contribution is 5.83. The van der Waals surface area contributed by atoms with Crippen LogP contribution in [0.1, 0.15) is 19.3 Å². The van der Waals surface area contributed by atoms with E-state index in [0.29, 0.717) is 0 Å². The monoisotopic (exact) mass is 257 g/mol. The summed E-state index contributed by atoms with van der Waals surface area (Å²) >= 11 is 0. The van der Waals surface area contributed by atoms with E-state index in [1.54, 1.807) is 0 Å². The lowest BCUT2D eigenvalue weighted by atomic mass is 10.1. The standard InChI is InChI=1S/C11H19N3O4/c15-8-5-9(10(16)17)14(6-8)11(18)13-7-1-3-12-4-2-7/h7-9,12,15H,1-6H2,(H,13,18)(H,16,17)/t8-,9+/m1/s1. The Morgan fingerprint density at radius 1 is 1.28 bits per heavy atom. The van der Waals surface area contributed by atoms with Gasteiger partial charge in [0, 0.05) is 19.0 Å². The van der Waals surface area contributed by atoms with Crippen LogP contribution in [0.3, 0.4) is 0 Å². The van der Waals surface area contributed by atoms with Gasteiger partial charge in [0.1, 0.15) is 6.04 Å². The number of hydrogen-bond acceptors (Lipinski definition) is 4. The Morgan fingerprint density at radius 3 is 2.56 bits per heavy atom. The van der Waals surface area contributed by atoms with Gasteiger partial charge in [-0.05, 0) is 25.9 Å². The fourth-order valence-electron chi connectivity index (χ4n) is 2.50. The minimum absolute atomic E-state index is 0.0888. The summed E-state index contributed by atoms with van der Waals surface area (Å²) in [6, 6.07) is -1.21. The Balaban J connectivity index is 1.92. The molecule has 0 bridgehead atoms. The van der Waals surface area contributed by atoms with Gasteiger partial charge in [0.15, 0.2) is 0 Å². The zero-order valence-corrected chi connectivity index (χ0v) is 10.1. The molecule has 2 atom stereocenters. The zero-order chi connectivity index (χ0) is 13.1. The predicted octanol–water partition coefficient (Wildman–Crippen LogP) is -1.03. The van der Waals surface area contributed by atoms with E-state index in [-0.39, 0.29) is 25.0 Å². The molecule has 2 fully saturated rings. The van der Waals surface area contributed by atoms with E-state index < -0.39 is 18.1 Å². The number of nitrogens with zero attached hydrogens (tertiary/aromatic N) is 1. The van der Waals surface area contributed by atoms with Gasteiger partial charge in [0.25, 0.3) is 0 Å². The van der Waals surface area contributed by atoms with Crippen molar-refractivity contribution in [1.29, 1.82) is 0 Å². The normalized spacial score (nSPS) is 29.3. The van der Waals surface area contributed by atoms with Crippen molar-refractivity contribution in [3.63, 3.8) is 0 Å². The van der Waals surface area contributed by atoms with Gasteiger partial charge in [0.05, 0.1) is 6.10 Å². The van der Waals surface area contributed by atoms with Crippen LogP contribution in [-0.4, -0.2) is 64.9 Å². The molecule has 0 aliphatic carbocycles. The number of carboxylic acid groups (broad SMARTS) is 1. The van der Waals surface area contributed by atoms with Crippen molar-refractivity contribution in [2.75, 3.05) is 19.6 Å². The minimum Gasteiger partial charge on any atom is -0.480 e. The first-order valence-electron chi connectivity index (χ1n) is 6.26. The summed E-state index contributed by atoms with van der Waals surface area (Å²) in [5.74, 6) is -1.06. The highest BCUT2D eigenvalue weighted by Gasteiger charge is 2.39. The Morgan fingerprint density at radius 2 is 1.94 bits per heavy atom. The second-order valence-corrected chi connectivity index (χ2v) is 4.87. The number of β-amino-alcohol motifs (C(OH)–C–C–N with tert-alkyl or cyclic N) is 1. The van der Waals surface area contributed by atoms with Gasteiger partial charge in [-0.25, -0.2) is 9.59 Å². The highest BCUT2D eigenvalue weighted by Crippen LogP contribution is 2.18. The van der Waals surface area contributed by atoms with Crippen molar-refractivity contribution in [2.24, 2.45) is 0 Å². The van der Waals surface area contributed by atoms with Crippen molar-refractivity contribution >= 4 is 12.0 Å². The number of hydrogen-bond donors (Lipinski definition) is 4. The number of piperidine rings is 1. The van der Waals surface area contributed by atoms with Gasteiger partial charge >= 0.3 is 12.0 Å². The molecule has 0 radical (unpaired) electrons. The number of amides is 2. The molecule has 2 aliphatic rings. The molecule has 2 heterocycles. The molecule has 0 aromatic heterocycles. The average molecular weight is 257 g/mol. The predicted molar refractivity (Wildman–Crippen MR) is 63.2 cm³/mol. The van der Waals surface area contributed by atoms with E-state index in [4.69, 9.17) is 5.11 Å². The molecule has 2 saturated heterocycles. The summed E-state index contributed by atoms with van der Waals surface area (Å²) in [6.07, 6.45) is 1.05. The maximum atomic E-state index is 12.0. The Hall–Kier alpha value is -1.34. The van der Waals surface area contributed by atoms with Crippen molar-refractivity contribution in [2.45, 2.75) is 37.5 Å². The second kappa shape index (κ2) is 5.53. The summed E-state index contributed by atoms with van der Waals surface area (Å²) in [7, 11) is 0. The number of rotatable bonds is 2. The van der Waals surface area contributed by atoms with E-state index in [9.17, 15) is 14.7 Å². The fraction of sp³-hybridized carbons (Fsp3) is 0.818. The lowest BCUT2D eigenvalue weighted by Crippen LogP contribution is -2.51. The number of likely N-dealkylation sites (tertiary alicyclic amines) is 1. The SMILES string of the molecule is O=C(O)[C@@H]1C[C@@H](O)CN1C(=O)NC1CCNCC1. The zero-order valence-electron chi connectivity index (χ0n) is 10.1. The number of aliphatic carboxylic acids is 1. The number of urea groups is 1. The van der Waals surface area contributed by atoms with Crippen LogP contribution in [0.25, 0.3) is 0 Å². The van der Waals surface area contributed by atoms with E-state index >= 15 is 0 Å². The molecule has 0 aromatic rings. The average Bonchev–Trinajstić information content (AvgIpc) is 2.73. The summed E-state index contributed by atoms with van der Waals surface area (Å²) in [4.78, 5) is 24.2. The van der Waals surface area contributed by atoms with Crippen LogP contribution in [0.5, 0.6) is 0 Å². The molecule has 7 nitrogen and oxygen atoms in total. The smallest absolute Gasteiger partial charge is 0.326 e. The maximum absolute atomic E-state index is 12.0. The molecule has 4 N–H and O–H groups in total. The third-order valence-electron chi connectivity index (χ3n) is 3.49. The lowest BCUT2D eigenvalue weighted by Gasteiger charge is -2.28. The van der Waals surface area contributed by atoms with Gasteiger partial charge in [-0.1, -0.05) is 0 Å². The van der Waals surface area contributed by atoms with Crippen LogP contribution in [0, 0.1) is 0 Å². The molecule has 18 heavy (non-hydrogen) atoms. The van der Waals surface area contributed by atoms with Crippen molar-refractivity contribution in [3.05, 3.63) is 0 Å². The summed E-state index contributed by atoms with van der Waals surface area (Å²) in [6.45, 7) is 1.81. The van der Waals surface area contributed by atoms with Crippen LogP contribution in [0.2, 0.25) is 0 Å². The molecule has 2 amide bonds. The number of carbonyl (C=O) groups excluding carboxylic acids is 1. The Kier molecular flexibility index (Phi) is 4.03. The Labute approximate surface area is 105 Å². The number of aliphatic hydroxyl groups is 1. The van der Waals surface area contributed by atoms with Crippen molar-refractivity contribution in [1.82, 2.24) is 15.5 Å². The van der Waals surface area contributed by atoms with Gasteiger partial charge < -0.3 is 25.7 Å².